The molecule has 1 fully saturated rings. The molecule has 0 radical (unpaired) electrons. The molecule has 0 unspecified atom stereocenters. The quantitative estimate of drug-likeness (QED) is 0.271. The zero-order valence-electron chi connectivity index (χ0n) is 17.7. The molecule has 5 rings (SSSR count). The summed E-state index contributed by atoms with van der Waals surface area (Å²) in [6.45, 7) is 0.307. The maximum atomic E-state index is 13.1. The number of carbonyl (C=O) groups is 1. The SMILES string of the molecule is COc1cccc(-c2nn(-c3ccccc3)cc2/C=C2\SC(=S)N(Cc3ccco3)C2=O)c1. The van der Waals surface area contributed by atoms with Crippen LogP contribution in [-0.2, 0) is 11.3 Å². The number of carbonyl (C=O) groups excluding carboxylic acids is 1. The van der Waals surface area contributed by atoms with Gasteiger partial charge >= 0.3 is 0 Å². The number of furan rings is 1. The Morgan fingerprint density at radius 2 is 1.97 bits per heavy atom. The van der Waals surface area contributed by atoms with Crippen LogP contribution in [0.15, 0.2) is 88.5 Å². The van der Waals surface area contributed by atoms with Crippen molar-refractivity contribution in [2.24, 2.45) is 0 Å². The third kappa shape index (κ3) is 4.35. The fraction of sp³-hybridized carbons (Fsp3) is 0.0800. The van der Waals surface area contributed by atoms with Crippen molar-refractivity contribution in [1.82, 2.24) is 14.7 Å². The Kier molecular flexibility index (Phi) is 5.85. The van der Waals surface area contributed by atoms with Crippen LogP contribution in [0.1, 0.15) is 11.3 Å². The van der Waals surface area contributed by atoms with E-state index in [0.29, 0.717) is 21.5 Å². The van der Waals surface area contributed by atoms with Gasteiger partial charge in [0.1, 0.15) is 21.5 Å². The highest BCUT2D eigenvalue weighted by atomic mass is 32.2. The molecule has 1 aliphatic rings. The number of aromatic nitrogens is 2. The number of hydrogen-bond acceptors (Lipinski definition) is 6. The van der Waals surface area contributed by atoms with Gasteiger partial charge < -0.3 is 9.15 Å². The van der Waals surface area contributed by atoms with E-state index < -0.39 is 0 Å². The predicted molar refractivity (Wildman–Crippen MR) is 133 cm³/mol. The van der Waals surface area contributed by atoms with Crippen LogP contribution in [-0.4, -0.2) is 32.0 Å². The third-order valence-electron chi connectivity index (χ3n) is 5.16. The van der Waals surface area contributed by atoms with E-state index in [9.17, 15) is 4.79 Å². The van der Waals surface area contributed by atoms with Crippen LogP contribution in [0.5, 0.6) is 5.75 Å². The van der Waals surface area contributed by atoms with Gasteiger partial charge in [0, 0.05) is 17.3 Å². The monoisotopic (exact) mass is 473 g/mol. The van der Waals surface area contributed by atoms with Crippen LogP contribution in [0.4, 0.5) is 0 Å². The highest BCUT2D eigenvalue weighted by molar-refractivity contribution is 8.26. The normalized spacial score (nSPS) is 14.9. The summed E-state index contributed by atoms with van der Waals surface area (Å²) < 4.78 is 13.1. The Morgan fingerprint density at radius 1 is 1.12 bits per heavy atom. The first-order valence-corrected chi connectivity index (χ1v) is 11.4. The van der Waals surface area contributed by atoms with E-state index in [-0.39, 0.29) is 5.91 Å². The largest absolute Gasteiger partial charge is 0.497 e. The Morgan fingerprint density at radius 3 is 2.73 bits per heavy atom. The van der Waals surface area contributed by atoms with E-state index in [1.54, 1.807) is 24.3 Å². The summed E-state index contributed by atoms with van der Waals surface area (Å²) in [7, 11) is 1.63. The first-order valence-electron chi connectivity index (χ1n) is 10.2. The molecule has 1 aliphatic heterocycles. The summed E-state index contributed by atoms with van der Waals surface area (Å²) in [6.07, 6.45) is 5.35. The fourth-order valence-corrected chi connectivity index (χ4v) is 4.78. The lowest BCUT2D eigenvalue weighted by Crippen LogP contribution is -2.27. The van der Waals surface area contributed by atoms with E-state index in [1.165, 1.54) is 11.8 Å². The van der Waals surface area contributed by atoms with Crippen LogP contribution in [0.25, 0.3) is 23.0 Å². The van der Waals surface area contributed by atoms with Gasteiger partial charge in [0.25, 0.3) is 5.91 Å². The smallest absolute Gasteiger partial charge is 0.266 e. The minimum Gasteiger partial charge on any atom is -0.497 e. The average Bonchev–Trinajstić information content (AvgIpc) is 3.57. The molecule has 0 saturated carbocycles. The maximum absolute atomic E-state index is 13.1. The second kappa shape index (κ2) is 9.09. The summed E-state index contributed by atoms with van der Waals surface area (Å²) in [5.41, 5.74) is 3.37. The van der Waals surface area contributed by atoms with E-state index in [2.05, 4.69) is 0 Å². The molecule has 2 aromatic carbocycles. The summed E-state index contributed by atoms with van der Waals surface area (Å²) in [6, 6.07) is 21.2. The van der Waals surface area contributed by atoms with Crippen molar-refractivity contribution in [3.05, 3.63) is 95.4 Å². The Labute approximate surface area is 200 Å². The minimum absolute atomic E-state index is 0.148. The van der Waals surface area contributed by atoms with Crippen LogP contribution in [0.2, 0.25) is 0 Å². The van der Waals surface area contributed by atoms with Gasteiger partial charge in [-0.2, -0.15) is 5.10 Å². The zero-order chi connectivity index (χ0) is 22.8. The van der Waals surface area contributed by atoms with Crippen molar-refractivity contribution < 1.29 is 13.9 Å². The third-order valence-corrected chi connectivity index (χ3v) is 6.54. The number of amides is 1. The number of hydrogen-bond donors (Lipinski definition) is 0. The van der Waals surface area contributed by atoms with Gasteiger partial charge in [0.2, 0.25) is 0 Å². The molecule has 0 N–H and O–H groups in total. The van der Waals surface area contributed by atoms with Gasteiger partial charge in [0.15, 0.2) is 0 Å². The Bertz CT molecular complexity index is 1340. The summed E-state index contributed by atoms with van der Waals surface area (Å²) in [4.78, 5) is 15.2. The lowest BCUT2D eigenvalue weighted by atomic mass is 10.1. The van der Waals surface area contributed by atoms with Crippen LogP contribution < -0.4 is 4.74 Å². The molecule has 33 heavy (non-hydrogen) atoms. The second-order valence-corrected chi connectivity index (χ2v) is 8.97. The molecule has 4 aromatic rings. The number of methoxy groups -OCH3 is 1. The maximum Gasteiger partial charge on any atom is 0.266 e. The number of thioether (sulfide) groups is 1. The van der Waals surface area contributed by atoms with Gasteiger partial charge in [-0.25, -0.2) is 4.68 Å². The van der Waals surface area contributed by atoms with Gasteiger partial charge in [-0.15, -0.1) is 0 Å². The number of nitrogens with zero attached hydrogens (tertiary/aromatic N) is 3. The standard InChI is InChI=1S/C25H19N3O3S2/c1-30-20-10-5-7-17(13-20)23-18(15-28(26-23)19-8-3-2-4-9-19)14-22-24(29)27(25(32)33-22)16-21-11-6-12-31-21/h2-15H,16H2,1H3/b22-14-. The van der Waals surface area contributed by atoms with Gasteiger partial charge in [-0.05, 0) is 42.5 Å². The molecule has 0 atom stereocenters. The van der Waals surface area contributed by atoms with E-state index in [0.717, 1.165) is 28.3 Å². The van der Waals surface area contributed by atoms with Crippen molar-refractivity contribution in [2.75, 3.05) is 7.11 Å². The van der Waals surface area contributed by atoms with Crippen molar-refractivity contribution in [1.29, 1.82) is 0 Å². The highest BCUT2D eigenvalue weighted by Gasteiger charge is 2.33. The van der Waals surface area contributed by atoms with Crippen LogP contribution in [0, 0.1) is 0 Å². The molecule has 2 aromatic heterocycles. The minimum atomic E-state index is -0.148. The number of para-hydroxylation sites is 1. The number of rotatable bonds is 6. The second-order valence-electron chi connectivity index (χ2n) is 7.29. The molecule has 164 valence electrons. The molecule has 0 aliphatic carbocycles. The van der Waals surface area contributed by atoms with Crippen molar-refractivity contribution in [3.8, 4) is 22.7 Å². The lowest BCUT2D eigenvalue weighted by Gasteiger charge is -2.11. The number of benzene rings is 2. The van der Waals surface area contributed by atoms with Gasteiger partial charge in [-0.1, -0.05) is 54.3 Å². The number of thiocarbonyl (C=S) groups is 1. The fourth-order valence-electron chi connectivity index (χ4n) is 3.54. The first-order chi connectivity index (χ1) is 16.1. The molecule has 0 bridgehead atoms. The highest BCUT2D eigenvalue weighted by Crippen LogP contribution is 2.36. The summed E-state index contributed by atoms with van der Waals surface area (Å²) >= 11 is 6.75. The summed E-state index contributed by atoms with van der Waals surface area (Å²) in [5.74, 6) is 1.27. The molecule has 1 amide bonds. The van der Waals surface area contributed by atoms with Gasteiger partial charge in [-0.3, -0.25) is 9.69 Å². The Balaban J connectivity index is 1.55. The van der Waals surface area contributed by atoms with Gasteiger partial charge in [0.05, 0.1) is 30.5 Å². The molecule has 6 nitrogen and oxygen atoms in total. The predicted octanol–water partition coefficient (Wildman–Crippen LogP) is 5.54. The molecular formula is C25H19N3O3S2. The molecule has 1 saturated heterocycles. The van der Waals surface area contributed by atoms with E-state index in [4.69, 9.17) is 26.5 Å². The zero-order valence-corrected chi connectivity index (χ0v) is 19.3. The van der Waals surface area contributed by atoms with E-state index in [1.807, 2.05) is 77.6 Å². The van der Waals surface area contributed by atoms with Crippen LogP contribution in [0.3, 0.4) is 0 Å². The molecule has 0 spiro atoms. The topological polar surface area (TPSA) is 60.5 Å². The molecular weight excluding hydrogens is 454 g/mol. The Hall–Kier alpha value is -3.62. The molecule has 3 heterocycles. The summed E-state index contributed by atoms with van der Waals surface area (Å²) in [5, 5.41) is 4.83. The lowest BCUT2D eigenvalue weighted by molar-refractivity contribution is -0.122. The van der Waals surface area contributed by atoms with Crippen molar-refractivity contribution in [2.45, 2.75) is 6.54 Å². The molecule has 8 heteroatoms. The van der Waals surface area contributed by atoms with E-state index >= 15 is 0 Å². The van der Waals surface area contributed by atoms with Crippen LogP contribution >= 0.6 is 24.0 Å². The first kappa shape index (κ1) is 21.2. The average molecular weight is 474 g/mol. The number of ether oxygens (including phenoxy) is 1. The van der Waals surface area contributed by atoms with Crippen molar-refractivity contribution >= 4 is 40.3 Å². The van der Waals surface area contributed by atoms with Crippen molar-refractivity contribution in [3.63, 3.8) is 0 Å².